The van der Waals surface area contributed by atoms with E-state index in [4.69, 9.17) is 4.74 Å². The quantitative estimate of drug-likeness (QED) is 0.354. The number of ketones is 1. The molecule has 0 saturated heterocycles. The van der Waals surface area contributed by atoms with Gasteiger partial charge >= 0.3 is 5.97 Å². The maximum Gasteiger partial charge on any atom is 0.316 e. The molecule has 0 aromatic heterocycles. The molecule has 1 unspecified atom stereocenters. The van der Waals surface area contributed by atoms with Gasteiger partial charge in [-0.3, -0.25) is 9.59 Å². The van der Waals surface area contributed by atoms with Gasteiger partial charge in [-0.05, 0) is 19.8 Å². The largest absolute Gasteiger partial charge is 0.465 e. The molecule has 0 aromatic carbocycles. The molecule has 0 heterocycles. The first-order valence-corrected chi connectivity index (χ1v) is 5.80. The van der Waals surface area contributed by atoms with Crippen molar-refractivity contribution in [1.82, 2.24) is 0 Å². The molecule has 0 N–H and O–H groups in total. The number of unbranched alkanes of at least 4 members (excludes halogenated alkanes) is 2. The van der Waals surface area contributed by atoms with E-state index in [1.807, 2.05) is 13.8 Å². The average molecular weight is 214 g/mol. The number of hydrogen-bond donors (Lipinski definition) is 0. The molecule has 0 amide bonds. The van der Waals surface area contributed by atoms with Crippen LogP contribution in [0.3, 0.4) is 0 Å². The maximum absolute atomic E-state index is 11.5. The summed E-state index contributed by atoms with van der Waals surface area (Å²) in [5.74, 6) is -0.962. The molecule has 3 nitrogen and oxygen atoms in total. The van der Waals surface area contributed by atoms with Crippen LogP contribution in [-0.2, 0) is 14.3 Å². The topological polar surface area (TPSA) is 43.4 Å². The summed E-state index contributed by atoms with van der Waals surface area (Å²) < 4.78 is 5.04. The minimum Gasteiger partial charge on any atom is -0.465 e. The lowest BCUT2D eigenvalue weighted by atomic mass is 9.98. The number of esters is 1. The summed E-state index contributed by atoms with van der Waals surface area (Å²) in [4.78, 5) is 22.7. The third-order valence-electron chi connectivity index (χ3n) is 2.36. The fraction of sp³-hybridized carbons (Fsp3) is 0.833. The molecule has 0 fully saturated rings. The third kappa shape index (κ3) is 6.26. The Bertz CT molecular complexity index is 199. The van der Waals surface area contributed by atoms with Crippen molar-refractivity contribution in [3.05, 3.63) is 0 Å². The van der Waals surface area contributed by atoms with Gasteiger partial charge in [0.05, 0.1) is 6.61 Å². The number of carbonyl (C=O) groups excluding carboxylic acids is 2. The second kappa shape index (κ2) is 8.45. The van der Waals surface area contributed by atoms with Gasteiger partial charge in [0.2, 0.25) is 0 Å². The van der Waals surface area contributed by atoms with Crippen LogP contribution in [0, 0.1) is 5.92 Å². The summed E-state index contributed by atoms with van der Waals surface area (Å²) in [6, 6.07) is 0. The molecular formula is C12H22O3. The van der Waals surface area contributed by atoms with Crippen molar-refractivity contribution in [2.75, 3.05) is 6.61 Å². The van der Waals surface area contributed by atoms with E-state index in [2.05, 4.69) is 0 Å². The Balaban J connectivity index is 3.99. The van der Waals surface area contributed by atoms with E-state index in [-0.39, 0.29) is 11.8 Å². The van der Waals surface area contributed by atoms with Gasteiger partial charge in [-0.1, -0.05) is 33.1 Å². The van der Waals surface area contributed by atoms with Gasteiger partial charge in [-0.25, -0.2) is 0 Å². The van der Waals surface area contributed by atoms with Crippen molar-refractivity contribution in [2.24, 2.45) is 5.92 Å². The Labute approximate surface area is 92.2 Å². The minimum absolute atomic E-state index is 0.0788. The van der Waals surface area contributed by atoms with Gasteiger partial charge < -0.3 is 4.74 Å². The Morgan fingerprint density at radius 1 is 1.13 bits per heavy atom. The van der Waals surface area contributed by atoms with Gasteiger partial charge in [-0.2, -0.15) is 0 Å². The van der Waals surface area contributed by atoms with E-state index in [9.17, 15) is 9.59 Å². The number of ether oxygens (including phenoxy) is 1. The molecular weight excluding hydrogens is 192 g/mol. The minimum atomic E-state index is -0.540. The lowest BCUT2D eigenvalue weighted by Crippen LogP contribution is -2.24. The van der Waals surface area contributed by atoms with Crippen LogP contribution in [0.15, 0.2) is 0 Å². The molecule has 3 heteroatoms. The molecule has 0 bridgehead atoms. The van der Waals surface area contributed by atoms with Crippen molar-refractivity contribution in [3.63, 3.8) is 0 Å². The third-order valence-corrected chi connectivity index (χ3v) is 2.36. The van der Waals surface area contributed by atoms with Crippen LogP contribution >= 0.6 is 0 Å². The maximum atomic E-state index is 11.5. The Hall–Kier alpha value is -0.860. The first-order valence-electron chi connectivity index (χ1n) is 5.80. The molecule has 88 valence electrons. The summed E-state index contributed by atoms with van der Waals surface area (Å²) in [7, 11) is 0. The normalized spacial score (nSPS) is 12.2. The van der Waals surface area contributed by atoms with E-state index < -0.39 is 5.92 Å². The zero-order valence-corrected chi connectivity index (χ0v) is 10.0. The lowest BCUT2D eigenvalue weighted by Gasteiger charge is -2.12. The number of Topliss-reactive ketones (excluding diaryl/α,β-unsaturated/α-hetero) is 1. The zero-order valence-electron chi connectivity index (χ0n) is 10.0. The fourth-order valence-electron chi connectivity index (χ4n) is 1.31. The van der Waals surface area contributed by atoms with Crippen LogP contribution in [0.1, 0.15) is 52.9 Å². The Morgan fingerprint density at radius 2 is 1.73 bits per heavy atom. The van der Waals surface area contributed by atoms with Crippen molar-refractivity contribution in [1.29, 1.82) is 0 Å². The van der Waals surface area contributed by atoms with E-state index in [1.165, 1.54) is 6.92 Å². The van der Waals surface area contributed by atoms with Crippen LogP contribution in [0.4, 0.5) is 0 Å². The highest BCUT2D eigenvalue weighted by Gasteiger charge is 2.23. The van der Waals surface area contributed by atoms with Gasteiger partial charge in [0.1, 0.15) is 11.7 Å². The summed E-state index contributed by atoms with van der Waals surface area (Å²) in [5.41, 5.74) is 0. The number of carbonyl (C=O) groups is 2. The summed E-state index contributed by atoms with van der Waals surface area (Å²) in [6.07, 6.45) is 4.37. The van der Waals surface area contributed by atoms with Crippen molar-refractivity contribution in [3.8, 4) is 0 Å². The molecule has 0 spiro atoms. The highest BCUT2D eigenvalue weighted by molar-refractivity contribution is 5.97. The molecule has 0 aliphatic rings. The Morgan fingerprint density at radius 3 is 2.20 bits per heavy atom. The summed E-state index contributed by atoms with van der Waals surface area (Å²) in [6.45, 7) is 5.97. The lowest BCUT2D eigenvalue weighted by molar-refractivity contribution is -0.152. The van der Waals surface area contributed by atoms with Crippen molar-refractivity contribution < 1.29 is 14.3 Å². The molecule has 0 aliphatic carbocycles. The van der Waals surface area contributed by atoms with Gasteiger partial charge in [0, 0.05) is 0 Å². The Kier molecular flexibility index (Phi) is 7.96. The predicted octanol–water partition coefficient (Wildman–Crippen LogP) is 2.73. The summed E-state index contributed by atoms with van der Waals surface area (Å²) in [5, 5.41) is 0. The fourth-order valence-corrected chi connectivity index (χ4v) is 1.31. The second-order valence-corrected chi connectivity index (χ2v) is 3.83. The van der Waals surface area contributed by atoms with Crippen LogP contribution in [-0.4, -0.2) is 18.4 Å². The van der Waals surface area contributed by atoms with Crippen molar-refractivity contribution in [2.45, 2.75) is 52.9 Å². The predicted molar refractivity (Wildman–Crippen MR) is 59.6 cm³/mol. The highest BCUT2D eigenvalue weighted by atomic mass is 16.5. The van der Waals surface area contributed by atoms with E-state index in [1.54, 1.807) is 0 Å². The zero-order chi connectivity index (χ0) is 11.7. The molecule has 0 aliphatic heterocycles. The standard InChI is InChI=1S/C12H22O3/c1-4-6-8-11(10(3)13)12(14)15-9-7-5-2/h11H,4-9H2,1-3H3. The molecule has 0 saturated carbocycles. The van der Waals surface area contributed by atoms with Gasteiger partial charge in [-0.15, -0.1) is 0 Å². The number of hydrogen-bond acceptors (Lipinski definition) is 3. The van der Waals surface area contributed by atoms with Crippen LogP contribution in [0.5, 0.6) is 0 Å². The van der Waals surface area contributed by atoms with E-state index in [0.29, 0.717) is 13.0 Å². The molecule has 0 rings (SSSR count). The monoisotopic (exact) mass is 214 g/mol. The first-order chi connectivity index (χ1) is 7.13. The second-order valence-electron chi connectivity index (χ2n) is 3.83. The van der Waals surface area contributed by atoms with E-state index >= 15 is 0 Å². The first kappa shape index (κ1) is 14.1. The van der Waals surface area contributed by atoms with Crippen LogP contribution in [0.25, 0.3) is 0 Å². The smallest absolute Gasteiger partial charge is 0.316 e. The molecule has 1 atom stereocenters. The molecule has 0 radical (unpaired) electrons. The summed E-state index contributed by atoms with van der Waals surface area (Å²) >= 11 is 0. The van der Waals surface area contributed by atoms with Crippen LogP contribution in [0.2, 0.25) is 0 Å². The highest BCUT2D eigenvalue weighted by Crippen LogP contribution is 2.12. The van der Waals surface area contributed by atoms with Crippen molar-refractivity contribution >= 4 is 11.8 Å². The van der Waals surface area contributed by atoms with Crippen LogP contribution < -0.4 is 0 Å². The van der Waals surface area contributed by atoms with E-state index in [0.717, 1.165) is 25.7 Å². The molecule has 15 heavy (non-hydrogen) atoms. The SMILES string of the molecule is CCCCOC(=O)C(CCCC)C(C)=O. The van der Waals surface area contributed by atoms with Gasteiger partial charge in [0.25, 0.3) is 0 Å². The van der Waals surface area contributed by atoms with Gasteiger partial charge in [0.15, 0.2) is 0 Å². The molecule has 0 aromatic rings. The average Bonchev–Trinajstić information content (AvgIpc) is 2.18. The number of rotatable bonds is 8.